The maximum Gasteiger partial charge on any atom is 0.407 e. The summed E-state index contributed by atoms with van der Waals surface area (Å²) in [6.45, 7) is 8.29. The van der Waals surface area contributed by atoms with E-state index in [2.05, 4.69) is 69.3 Å². The molecule has 7 heteroatoms. The fourth-order valence-electron chi connectivity index (χ4n) is 4.55. The molecule has 3 rings (SSSR count). The van der Waals surface area contributed by atoms with Crippen LogP contribution in [0.4, 0.5) is 4.79 Å². The Morgan fingerprint density at radius 2 is 1.61 bits per heavy atom. The molecule has 0 aromatic heterocycles. The normalized spacial score (nSPS) is 19.5. The summed E-state index contributed by atoms with van der Waals surface area (Å²) in [5.74, 6) is 0. The number of hydrogen-bond acceptors (Lipinski definition) is 4. The van der Waals surface area contributed by atoms with Gasteiger partial charge in [0.25, 0.3) is 8.32 Å². The van der Waals surface area contributed by atoms with E-state index in [0.717, 1.165) is 0 Å². The van der Waals surface area contributed by atoms with Gasteiger partial charge in [0, 0.05) is 12.6 Å². The number of rotatable bonds is 8. The number of carbonyl (C=O) groups is 1. The van der Waals surface area contributed by atoms with Crippen LogP contribution in [0.15, 0.2) is 60.7 Å². The van der Waals surface area contributed by atoms with Gasteiger partial charge in [0.15, 0.2) is 0 Å². The minimum Gasteiger partial charge on any atom is -0.465 e. The summed E-state index contributed by atoms with van der Waals surface area (Å²) in [6.07, 6.45) is -0.274. The van der Waals surface area contributed by atoms with Crippen molar-refractivity contribution in [1.29, 1.82) is 0 Å². The average Bonchev–Trinajstić information content (AvgIpc) is 3.12. The Hall–Kier alpha value is -2.19. The van der Waals surface area contributed by atoms with E-state index >= 15 is 0 Å². The summed E-state index contributed by atoms with van der Waals surface area (Å²) in [5.41, 5.74) is 6.09. The minimum absolute atomic E-state index is 0.0936. The Balaban J connectivity index is 1.74. The van der Waals surface area contributed by atoms with Gasteiger partial charge in [-0.2, -0.15) is 0 Å². The smallest absolute Gasteiger partial charge is 0.407 e. The third-order valence-electron chi connectivity index (χ3n) is 6.10. The van der Waals surface area contributed by atoms with E-state index in [0.29, 0.717) is 26.2 Å². The third-order valence-corrected chi connectivity index (χ3v) is 11.1. The summed E-state index contributed by atoms with van der Waals surface area (Å²) in [7, 11) is -2.58. The van der Waals surface area contributed by atoms with E-state index < -0.39 is 14.4 Å². The zero-order valence-corrected chi connectivity index (χ0v) is 19.7. The molecule has 2 atom stereocenters. The second kappa shape index (κ2) is 9.95. The highest BCUT2D eigenvalue weighted by Gasteiger charge is 2.50. The molecular weight excluding hydrogens is 408 g/mol. The molecule has 1 heterocycles. The third kappa shape index (κ3) is 5.01. The lowest BCUT2D eigenvalue weighted by Crippen LogP contribution is -2.66. The predicted octanol–water partition coefficient (Wildman–Crippen LogP) is 2.66. The molecule has 0 saturated carbocycles. The van der Waals surface area contributed by atoms with Gasteiger partial charge in [-0.25, -0.2) is 4.79 Å². The molecule has 1 amide bonds. The Morgan fingerprint density at radius 1 is 1.06 bits per heavy atom. The molecule has 3 N–H and O–H groups in total. The largest absolute Gasteiger partial charge is 0.465 e. The Kier molecular flexibility index (Phi) is 7.54. The van der Waals surface area contributed by atoms with Gasteiger partial charge in [0.05, 0.1) is 25.9 Å². The van der Waals surface area contributed by atoms with Crippen LogP contribution in [0.5, 0.6) is 0 Å². The van der Waals surface area contributed by atoms with E-state index in [-0.39, 0.29) is 23.7 Å². The van der Waals surface area contributed by atoms with Crippen LogP contribution in [0.25, 0.3) is 0 Å². The standard InChI is InChI=1S/C24H34N2O4Si/c1-24(2,3)31(19-10-6-4-7-11-19,20-12-8-5-9-13-20)30-17-16-29-18-22-21(25)14-15-26(22)23(27)28/h4-13,21-22H,14-18,25H2,1-3H3,(H,27,28)/t21-,22+/m0/s1. The number of nitrogens with zero attached hydrogens (tertiary/aromatic N) is 1. The molecule has 1 saturated heterocycles. The van der Waals surface area contributed by atoms with Gasteiger partial charge in [-0.3, -0.25) is 0 Å². The first-order valence-electron chi connectivity index (χ1n) is 10.9. The average molecular weight is 443 g/mol. The Labute approximate surface area is 186 Å². The van der Waals surface area contributed by atoms with Crippen molar-refractivity contribution in [3.05, 3.63) is 60.7 Å². The van der Waals surface area contributed by atoms with Crippen molar-refractivity contribution in [2.24, 2.45) is 5.73 Å². The van der Waals surface area contributed by atoms with Crippen LogP contribution in [0.3, 0.4) is 0 Å². The van der Waals surface area contributed by atoms with Crippen molar-refractivity contribution in [3.63, 3.8) is 0 Å². The lowest BCUT2D eigenvalue weighted by Gasteiger charge is -2.43. The first-order chi connectivity index (χ1) is 14.8. The lowest BCUT2D eigenvalue weighted by molar-refractivity contribution is 0.0522. The minimum atomic E-state index is -2.58. The molecule has 2 aromatic rings. The SMILES string of the molecule is CC(C)(C)[Si](OCCOC[C@@H]1[C@@H](N)CCN1C(=O)O)(c1ccccc1)c1ccccc1. The van der Waals surface area contributed by atoms with E-state index in [1.165, 1.54) is 15.3 Å². The number of carboxylic acid groups (broad SMARTS) is 1. The van der Waals surface area contributed by atoms with Gasteiger partial charge in [-0.05, 0) is 21.8 Å². The van der Waals surface area contributed by atoms with Gasteiger partial charge >= 0.3 is 6.09 Å². The van der Waals surface area contributed by atoms with Crippen molar-refractivity contribution < 1.29 is 19.1 Å². The summed E-state index contributed by atoms with van der Waals surface area (Å²) < 4.78 is 12.6. The molecule has 31 heavy (non-hydrogen) atoms. The van der Waals surface area contributed by atoms with E-state index in [9.17, 15) is 9.90 Å². The molecule has 6 nitrogen and oxygen atoms in total. The highest BCUT2D eigenvalue weighted by molar-refractivity contribution is 6.99. The highest BCUT2D eigenvalue weighted by Crippen LogP contribution is 2.36. The van der Waals surface area contributed by atoms with Crippen molar-refractivity contribution >= 4 is 24.8 Å². The molecule has 0 unspecified atom stereocenters. The van der Waals surface area contributed by atoms with Crippen molar-refractivity contribution in [2.75, 3.05) is 26.4 Å². The van der Waals surface area contributed by atoms with Crippen LogP contribution in [-0.4, -0.2) is 62.9 Å². The first kappa shape index (κ1) is 23.5. The highest BCUT2D eigenvalue weighted by atomic mass is 28.4. The maximum absolute atomic E-state index is 11.4. The molecule has 1 aliphatic heterocycles. The van der Waals surface area contributed by atoms with Gasteiger partial charge in [0.1, 0.15) is 0 Å². The second-order valence-electron chi connectivity index (χ2n) is 9.08. The summed E-state index contributed by atoms with van der Waals surface area (Å²) in [5, 5.41) is 11.7. The zero-order chi connectivity index (χ0) is 22.5. The Bertz CT molecular complexity index is 802. The Morgan fingerprint density at radius 3 is 2.10 bits per heavy atom. The van der Waals surface area contributed by atoms with Gasteiger partial charge in [0.2, 0.25) is 0 Å². The molecule has 0 spiro atoms. The molecule has 1 fully saturated rings. The van der Waals surface area contributed by atoms with Crippen molar-refractivity contribution in [3.8, 4) is 0 Å². The fraction of sp³-hybridized carbons (Fsp3) is 0.458. The maximum atomic E-state index is 11.4. The van der Waals surface area contributed by atoms with E-state index in [4.69, 9.17) is 14.9 Å². The summed E-state index contributed by atoms with van der Waals surface area (Å²) in [6, 6.07) is 20.5. The number of benzene rings is 2. The summed E-state index contributed by atoms with van der Waals surface area (Å²) >= 11 is 0. The molecule has 0 radical (unpaired) electrons. The quantitative estimate of drug-likeness (QED) is 0.485. The molecule has 168 valence electrons. The van der Waals surface area contributed by atoms with Crippen LogP contribution >= 0.6 is 0 Å². The van der Waals surface area contributed by atoms with Crippen LogP contribution in [0.2, 0.25) is 5.04 Å². The van der Waals surface area contributed by atoms with Crippen LogP contribution < -0.4 is 16.1 Å². The number of hydrogen-bond donors (Lipinski definition) is 2. The molecule has 0 aliphatic carbocycles. The van der Waals surface area contributed by atoms with E-state index in [1.807, 2.05) is 12.1 Å². The van der Waals surface area contributed by atoms with Crippen LogP contribution in [0.1, 0.15) is 27.2 Å². The number of amides is 1. The number of likely N-dealkylation sites (tertiary alicyclic amines) is 1. The van der Waals surface area contributed by atoms with Crippen LogP contribution in [-0.2, 0) is 9.16 Å². The van der Waals surface area contributed by atoms with Crippen molar-refractivity contribution in [1.82, 2.24) is 4.90 Å². The molecule has 0 bridgehead atoms. The zero-order valence-electron chi connectivity index (χ0n) is 18.7. The topological polar surface area (TPSA) is 85.0 Å². The lowest BCUT2D eigenvalue weighted by atomic mass is 10.1. The predicted molar refractivity (Wildman–Crippen MR) is 126 cm³/mol. The molecule has 2 aromatic carbocycles. The van der Waals surface area contributed by atoms with E-state index in [1.54, 1.807) is 0 Å². The first-order valence-corrected chi connectivity index (χ1v) is 12.8. The second-order valence-corrected chi connectivity index (χ2v) is 13.4. The number of nitrogens with two attached hydrogens (primary N) is 1. The number of ether oxygens (including phenoxy) is 1. The van der Waals surface area contributed by atoms with Gasteiger partial charge in [-0.1, -0.05) is 81.4 Å². The van der Waals surface area contributed by atoms with Crippen LogP contribution in [0, 0.1) is 0 Å². The van der Waals surface area contributed by atoms with Gasteiger partial charge in [-0.15, -0.1) is 0 Å². The molecular formula is C24H34N2O4Si. The molecule has 1 aliphatic rings. The summed E-state index contributed by atoms with van der Waals surface area (Å²) in [4.78, 5) is 12.8. The fourth-order valence-corrected chi connectivity index (χ4v) is 9.09. The van der Waals surface area contributed by atoms with Crippen molar-refractivity contribution in [2.45, 2.75) is 44.3 Å². The van der Waals surface area contributed by atoms with Gasteiger partial charge < -0.3 is 24.9 Å². The monoisotopic (exact) mass is 442 g/mol.